The van der Waals surface area contributed by atoms with E-state index in [1.54, 1.807) is 0 Å². The molecule has 0 aromatic rings. The average Bonchev–Trinajstić information content (AvgIpc) is 1.89. The van der Waals surface area contributed by atoms with E-state index >= 15 is 0 Å². The van der Waals surface area contributed by atoms with Gasteiger partial charge in [-0.25, -0.2) is 0 Å². The lowest BCUT2D eigenvalue weighted by Gasteiger charge is -1.97. The van der Waals surface area contributed by atoms with Crippen molar-refractivity contribution in [1.82, 2.24) is 0 Å². The molecule has 0 amide bonds. The van der Waals surface area contributed by atoms with Gasteiger partial charge in [-0.15, -0.1) is 0 Å². The minimum absolute atomic E-state index is 0.379. The standard InChI is InChI=1S/C6H14O2/c1-2-3-5-8-6-4-7/h7H,2-6H2,1H3/i7D. The maximum Gasteiger partial charge on any atom is 0.210 e. The van der Waals surface area contributed by atoms with Crippen LogP contribution in [0.1, 0.15) is 19.8 Å². The van der Waals surface area contributed by atoms with Crippen molar-refractivity contribution in [1.29, 1.82) is 1.43 Å². The third kappa shape index (κ3) is 5.92. The normalized spacial score (nSPS) is 11.4. The predicted molar refractivity (Wildman–Crippen MR) is 32.8 cm³/mol. The van der Waals surface area contributed by atoms with Crippen LogP contribution in [0.5, 0.6) is 0 Å². The Morgan fingerprint density at radius 2 is 2.50 bits per heavy atom. The summed E-state index contributed by atoms with van der Waals surface area (Å²) >= 11 is 0. The van der Waals surface area contributed by atoms with Gasteiger partial charge in [-0.1, -0.05) is 13.3 Å². The summed E-state index contributed by atoms with van der Waals surface area (Å²) in [6.45, 7) is 3.83. The largest absolute Gasteiger partial charge is 0.394 e. The number of hydrogen-bond acceptors (Lipinski definition) is 2. The lowest BCUT2D eigenvalue weighted by molar-refractivity contribution is 0.0904. The van der Waals surface area contributed by atoms with Gasteiger partial charge in [-0.3, -0.25) is 0 Å². The molecular formula is C6H14O2. The summed E-state index contributed by atoms with van der Waals surface area (Å²) in [6.07, 6.45) is 2.25. The van der Waals surface area contributed by atoms with Crippen LogP contribution >= 0.6 is 0 Å². The van der Waals surface area contributed by atoms with Crippen molar-refractivity contribution >= 4 is 0 Å². The van der Waals surface area contributed by atoms with E-state index in [0.29, 0.717) is 13.2 Å². The molecule has 0 aromatic heterocycles. The van der Waals surface area contributed by atoms with Gasteiger partial charge in [0.05, 0.1) is 13.2 Å². The van der Waals surface area contributed by atoms with Crippen LogP contribution in [0.15, 0.2) is 0 Å². The van der Waals surface area contributed by atoms with Crippen LogP contribution in [0.4, 0.5) is 0 Å². The minimum Gasteiger partial charge on any atom is -0.394 e. The first kappa shape index (κ1) is 6.05. The van der Waals surface area contributed by atoms with E-state index in [1.165, 1.54) is 0 Å². The highest BCUT2D eigenvalue weighted by Crippen LogP contribution is 1.85. The maximum atomic E-state index is 6.30. The maximum absolute atomic E-state index is 6.30. The zero-order valence-electron chi connectivity index (χ0n) is 6.35. The van der Waals surface area contributed by atoms with Gasteiger partial charge >= 0.3 is 0 Å². The molecule has 8 heavy (non-hydrogen) atoms. The molecule has 0 saturated heterocycles. The Labute approximate surface area is 52.0 Å². The molecule has 0 radical (unpaired) electrons. The minimum atomic E-state index is 0.379. The Hall–Kier alpha value is -0.0800. The summed E-state index contributed by atoms with van der Waals surface area (Å²) < 4.78 is 11.4. The first-order chi connectivity index (χ1) is 4.41. The number of aliphatic hydroxyl groups excluding tert-OH is 1. The fourth-order valence-corrected chi connectivity index (χ4v) is 0.407. The molecule has 0 saturated carbocycles. The van der Waals surface area contributed by atoms with Crippen LogP contribution in [0.25, 0.3) is 0 Å². The smallest absolute Gasteiger partial charge is 0.210 e. The summed E-state index contributed by atoms with van der Waals surface area (Å²) in [5.41, 5.74) is 0. The molecule has 50 valence electrons. The lowest BCUT2D eigenvalue weighted by Crippen LogP contribution is -1.99. The van der Waals surface area contributed by atoms with E-state index in [9.17, 15) is 0 Å². The molecule has 0 atom stereocenters. The van der Waals surface area contributed by atoms with E-state index < -0.39 is 0 Å². The Kier molecular flexibility index (Phi) is 5.23. The monoisotopic (exact) mass is 119 g/mol. The van der Waals surface area contributed by atoms with Crippen molar-refractivity contribution in [3.8, 4) is 0 Å². The third-order valence-electron chi connectivity index (χ3n) is 0.870. The molecule has 2 nitrogen and oxygen atoms in total. The zero-order chi connectivity index (χ0) is 6.95. The van der Waals surface area contributed by atoms with Crippen molar-refractivity contribution in [2.24, 2.45) is 0 Å². The Balaban J connectivity index is 2.60. The SMILES string of the molecule is [2H]OCCOCCCC. The Bertz CT molecular complexity index is 44.3. The van der Waals surface area contributed by atoms with E-state index in [4.69, 9.17) is 6.17 Å². The summed E-state index contributed by atoms with van der Waals surface area (Å²) in [6, 6.07) is 0. The van der Waals surface area contributed by atoms with Crippen molar-refractivity contribution in [3.63, 3.8) is 0 Å². The molecule has 0 aliphatic carbocycles. The Morgan fingerprint density at radius 3 is 3.12 bits per heavy atom. The van der Waals surface area contributed by atoms with Gasteiger partial charge in [0.15, 0.2) is 0 Å². The van der Waals surface area contributed by atoms with Crippen LogP contribution in [-0.4, -0.2) is 26.4 Å². The Morgan fingerprint density at radius 1 is 1.62 bits per heavy atom. The lowest BCUT2D eigenvalue weighted by atomic mass is 10.4. The number of hydrogen-bond donors (Lipinski definition) is 1. The molecule has 0 rings (SSSR count). The molecule has 0 spiro atoms. The second-order valence-electron chi connectivity index (χ2n) is 1.67. The van der Waals surface area contributed by atoms with Crippen LogP contribution in [-0.2, 0) is 4.74 Å². The molecule has 0 aromatic carbocycles. The number of aliphatic hydroxyl groups is 1. The molecule has 0 unspecified atom stereocenters. The van der Waals surface area contributed by atoms with Gasteiger partial charge in [-0.05, 0) is 6.42 Å². The summed E-state index contributed by atoms with van der Waals surface area (Å²) in [5, 5.41) is 4.05. The highest BCUT2D eigenvalue weighted by molar-refractivity contribution is 4.30. The molecule has 0 bridgehead atoms. The van der Waals surface area contributed by atoms with Gasteiger partial charge in [0, 0.05) is 6.61 Å². The molecule has 0 aliphatic rings. The van der Waals surface area contributed by atoms with E-state index in [0.717, 1.165) is 19.4 Å². The molecule has 0 aliphatic heterocycles. The van der Waals surface area contributed by atoms with E-state index in [2.05, 4.69) is 12.0 Å². The van der Waals surface area contributed by atoms with Crippen molar-refractivity contribution in [2.75, 3.05) is 19.8 Å². The van der Waals surface area contributed by atoms with Crippen molar-refractivity contribution in [3.05, 3.63) is 0 Å². The number of unbranched alkanes of at least 4 members (excludes halogenated alkanes) is 1. The van der Waals surface area contributed by atoms with Gasteiger partial charge in [0.1, 0.15) is 0 Å². The van der Waals surface area contributed by atoms with Crippen LogP contribution in [0.2, 0.25) is 0 Å². The fraction of sp³-hybridized carbons (Fsp3) is 1.00. The first-order valence-electron chi connectivity index (χ1n) is 3.48. The zero-order valence-corrected chi connectivity index (χ0v) is 5.35. The average molecular weight is 119 g/mol. The molecule has 0 heterocycles. The second kappa shape index (κ2) is 6.92. The number of rotatable bonds is 6. The van der Waals surface area contributed by atoms with E-state index in [1.807, 2.05) is 0 Å². The highest BCUT2D eigenvalue weighted by atomic mass is 16.5. The quantitative estimate of drug-likeness (QED) is 0.524. The van der Waals surface area contributed by atoms with Gasteiger partial charge in [0.2, 0.25) is 1.43 Å². The summed E-state index contributed by atoms with van der Waals surface area (Å²) in [5.74, 6) is 0. The van der Waals surface area contributed by atoms with Crippen molar-refractivity contribution in [2.45, 2.75) is 19.8 Å². The van der Waals surface area contributed by atoms with Gasteiger partial charge in [-0.2, -0.15) is 0 Å². The predicted octanol–water partition coefficient (Wildman–Crippen LogP) is 0.795. The highest BCUT2D eigenvalue weighted by Gasteiger charge is 1.82. The molecule has 0 fully saturated rings. The third-order valence-corrected chi connectivity index (χ3v) is 0.870. The van der Waals surface area contributed by atoms with Crippen LogP contribution < -0.4 is 0 Å². The summed E-state index contributed by atoms with van der Waals surface area (Å²) in [4.78, 5) is 0. The molecule has 1 N–H and O–H groups in total. The second-order valence-corrected chi connectivity index (χ2v) is 1.67. The topological polar surface area (TPSA) is 29.5 Å². The molecular weight excluding hydrogens is 104 g/mol. The van der Waals surface area contributed by atoms with E-state index in [-0.39, 0.29) is 0 Å². The number of ether oxygens (including phenoxy) is 1. The van der Waals surface area contributed by atoms with Crippen LogP contribution in [0.3, 0.4) is 0 Å². The molecule has 2 heteroatoms. The first-order valence-corrected chi connectivity index (χ1v) is 3.07. The van der Waals surface area contributed by atoms with Gasteiger partial charge < -0.3 is 9.85 Å². The fourth-order valence-electron chi connectivity index (χ4n) is 0.407. The van der Waals surface area contributed by atoms with Crippen LogP contribution in [0, 0.1) is 0 Å². The van der Waals surface area contributed by atoms with Crippen molar-refractivity contribution < 1.29 is 9.85 Å². The van der Waals surface area contributed by atoms with Gasteiger partial charge in [0.25, 0.3) is 0 Å². The summed E-state index contributed by atoms with van der Waals surface area (Å²) in [7, 11) is 0.